The van der Waals surface area contributed by atoms with Crippen LogP contribution in [0.15, 0.2) is 54.6 Å². The SMILES string of the molecule is O=C(COc1ccccc1)NCC(=O)S[C@@H]1CC(=O)N1C(Cl)C(=O)OCc1ccc([N+](=O)[O-])cc1. The van der Waals surface area contributed by atoms with Crippen molar-refractivity contribution in [3.05, 3.63) is 70.3 Å². The van der Waals surface area contributed by atoms with Crippen molar-refractivity contribution in [2.45, 2.75) is 23.9 Å². The average molecular weight is 522 g/mol. The van der Waals surface area contributed by atoms with E-state index in [9.17, 15) is 29.3 Å². The minimum Gasteiger partial charge on any atom is -0.484 e. The van der Waals surface area contributed by atoms with Crippen LogP contribution in [-0.4, -0.2) is 56.7 Å². The quantitative estimate of drug-likeness (QED) is 0.117. The van der Waals surface area contributed by atoms with Gasteiger partial charge in [0.2, 0.25) is 16.5 Å². The van der Waals surface area contributed by atoms with E-state index in [0.29, 0.717) is 11.3 Å². The molecule has 1 heterocycles. The van der Waals surface area contributed by atoms with Crippen molar-refractivity contribution in [3.8, 4) is 5.75 Å². The molecule has 0 bridgehead atoms. The molecule has 0 radical (unpaired) electrons. The maximum Gasteiger partial charge on any atom is 0.345 e. The van der Waals surface area contributed by atoms with Crippen LogP contribution in [0.25, 0.3) is 0 Å². The molecule has 11 nitrogen and oxygen atoms in total. The molecule has 1 fully saturated rings. The van der Waals surface area contributed by atoms with E-state index in [-0.39, 0.29) is 31.9 Å². The van der Waals surface area contributed by atoms with Gasteiger partial charge in [0.1, 0.15) is 12.4 Å². The van der Waals surface area contributed by atoms with Crippen molar-refractivity contribution >= 4 is 51.9 Å². The molecule has 2 aromatic carbocycles. The number of carbonyl (C=O) groups excluding carboxylic acids is 4. The second kappa shape index (κ2) is 12.2. The highest BCUT2D eigenvalue weighted by Crippen LogP contribution is 2.33. The van der Waals surface area contributed by atoms with Gasteiger partial charge in [-0.15, -0.1) is 0 Å². The van der Waals surface area contributed by atoms with Crippen LogP contribution in [0.5, 0.6) is 5.75 Å². The Morgan fingerprint density at radius 2 is 1.86 bits per heavy atom. The summed E-state index contributed by atoms with van der Waals surface area (Å²) in [6.45, 7) is -0.756. The number of hydrogen-bond acceptors (Lipinski definition) is 9. The van der Waals surface area contributed by atoms with Gasteiger partial charge in [0, 0.05) is 12.1 Å². The molecule has 1 N–H and O–H groups in total. The number of hydrogen-bond donors (Lipinski definition) is 1. The Labute approximate surface area is 208 Å². The number of alkyl halides is 1. The summed E-state index contributed by atoms with van der Waals surface area (Å²) in [5.74, 6) is -1.31. The third-order valence-corrected chi connectivity index (χ3v) is 6.19. The van der Waals surface area contributed by atoms with Gasteiger partial charge in [-0.2, -0.15) is 0 Å². The summed E-state index contributed by atoms with van der Waals surface area (Å²) in [5, 5.41) is 12.0. The first kappa shape index (κ1) is 26.0. The first-order chi connectivity index (χ1) is 16.7. The molecule has 184 valence electrons. The normalized spacial score (nSPS) is 15.5. The van der Waals surface area contributed by atoms with Crippen LogP contribution in [0.1, 0.15) is 12.0 Å². The maximum atomic E-state index is 12.3. The molecule has 13 heteroatoms. The number of likely N-dealkylation sites (tertiary alicyclic amines) is 1. The molecule has 0 aromatic heterocycles. The number of nitrogens with one attached hydrogen (secondary N) is 1. The smallest absolute Gasteiger partial charge is 0.345 e. The number of nitrogens with zero attached hydrogens (tertiary/aromatic N) is 2. The number of esters is 1. The summed E-state index contributed by atoms with van der Waals surface area (Å²) in [4.78, 5) is 59.5. The monoisotopic (exact) mass is 521 g/mol. The predicted molar refractivity (Wildman–Crippen MR) is 125 cm³/mol. The number of thioether (sulfide) groups is 1. The largest absolute Gasteiger partial charge is 0.484 e. The molecule has 1 saturated heterocycles. The van der Waals surface area contributed by atoms with Gasteiger partial charge in [-0.05, 0) is 29.8 Å². The van der Waals surface area contributed by atoms with E-state index in [0.717, 1.165) is 16.7 Å². The molecule has 1 aliphatic rings. The van der Waals surface area contributed by atoms with Crippen molar-refractivity contribution in [1.29, 1.82) is 0 Å². The third kappa shape index (κ3) is 7.42. The standard InChI is InChI=1S/C22H20ClN3O8S/c23-21(22(30)34-12-14-6-8-15(9-7-14)26(31)32)25-18(28)10-19(25)35-20(29)11-24-17(27)13-33-16-4-2-1-3-5-16/h1-9,19,21H,10-13H2,(H,24,27)/t19-,21?/m1/s1. The van der Waals surface area contributed by atoms with Gasteiger partial charge in [0.25, 0.3) is 11.6 Å². The van der Waals surface area contributed by atoms with Crippen molar-refractivity contribution in [1.82, 2.24) is 10.2 Å². The topological polar surface area (TPSA) is 145 Å². The average Bonchev–Trinajstić information content (AvgIpc) is 2.85. The summed E-state index contributed by atoms with van der Waals surface area (Å²) in [7, 11) is 0. The number of benzene rings is 2. The summed E-state index contributed by atoms with van der Waals surface area (Å²) in [5.41, 5.74) is -1.06. The number of carbonyl (C=O) groups is 4. The van der Waals surface area contributed by atoms with Crippen molar-refractivity contribution in [3.63, 3.8) is 0 Å². The molecule has 3 rings (SSSR count). The lowest BCUT2D eigenvalue weighted by Gasteiger charge is -2.41. The van der Waals surface area contributed by atoms with Crippen LogP contribution in [0.3, 0.4) is 0 Å². The van der Waals surface area contributed by atoms with E-state index in [1.807, 2.05) is 0 Å². The Morgan fingerprint density at radius 3 is 2.49 bits per heavy atom. The number of β-lactam (4-membered cyclic amide) rings is 1. The minimum absolute atomic E-state index is 0.000321. The molecule has 1 unspecified atom stereocenters. The molecule has 1 aliphatic heterocycles. The number of halogens is 1. The number of amides is 2. The zero-order valence-electron chi connectivity index (χ0n) is 18.1. The second-order valence-corrected chi connectivity index (χ2v) is 8.84. The Balaban J connectivity index is 1.41. The van der Waals surface area contributed by atoms with E-state index >= 15 is 0 Å². The summed E-state index contributed by atoms with van der Waals surface area (Å²) in [6, 6.07) is 14.1. The van der Waals surface area contributed by atoms with Crippen LogP contribution < -0.4 is 10.1 Å². The van der Waals surface area contributed by atoms with Gasteiger partial charge < -0.3 is 19.7 Å². The minimum atomic E-state index is -1.45. The fraction of sp³-hybridized carbons (Fsp3) is 0.273. The fourth-order valence-electron chi connectivity index (χ4n) is 2.90. The molecule has 0 spiro atoms. The molecule has 2 aromatic rings. The highest BCUT2D eigenvalue weighted by atomic mass is 35.5. The first-order valence-corrected chi connectivity index (χ1v) is 11.6. The Morgan fingerprint density at radius 1 is 1.17 bits per heavy atom. The van der Waals surface area contributed by atoms with Crippen LogP contribution in [0, 0.1) is 10.1 Å². The Hall–Kier alpha value is -3.64. The molecular formula is C22H20ClN3O8S. The van der Waals surface area contributed by atoms with Crippen LogP contribution in [0.4, 0.5) is 5.69 Å². The third-order valence-electron chi connectivity index (χ3n) is 4.72. The van der Waals surface area contributed by atoms with Gasteiger partial charge in [-0.25, -0.2) is 4.79 Å². The van der Waals surface area contributed by atoms with Crippen molar-refractivity contribution in [2.75, 3.05) is 13.2 Å². The van der Waals surface area contributed by atoms with Gasteiger partial charge >= 0.3 is 5.97 Å². The zero-order valence-corrected chi connectivity index (χ0v) is 19.7. The molecule has 2 atom stereocenters. The molecule has 35 heavy (non-hydrogen) atoms. The second-order valence-electron chi connectivity index (χ2n) is 7.20. The van der Waals surface area contributed by atoms with Crippen LogP contribution in [-0.2, 0) is 30.5 Å². The number of nitro benzene ring substituents is 1. The van der Waals surface area contributed by atoms with Gasteiger partial charge in [0.05, 0.1) is 23.3 Å². The zero-order chi connectivity index (χ0) is 25.4. The Kier molecular flexibility index (Phi) is 9.04. The van der Waals surface area contributed by atoms with Gasteiger partial charge in [-0.1, -0.05) is 41.6 Å². The first-order valence-electron chi connectivity index (χ1n) is 10.2. The predicted octanol–water partition coefficient (Wildman–Crippen LogP) is 2.22. The maximum absolute atomic E-state index is 12.3. The van der Waals surface area contributed by atoms with E-state index in [1.165, 1.54) is 24.3 Å². The molecule has 0 aliphatic carbocycles. The number of non-ortho nitro benzene ring substituents is 1. The number of para-hydroxylation sites is 1. The Bertz CT molecular complexity index is 1100. The molecular weight excluding hydrogens is 502 g/mol. The lowest BCUT2D eigenvalue weighted by Crippen LogP contribution is -2.57. The van der Waals surface area contributed by atoms with Crippen molar-refractivity contribution in [2.24, 2.45) is 0 Å². The van der Waals surface area contributed by atoms with Gasteiger partial charge in [0.15, 0.2) is 6.61 Å². The lowest BCUT2D eigenvalue weighted by molar-refractivity contribution is -0.384. The fourth-order valence-corrected chi connectivity index (χ4v) is 4.32. The summed E-state index contributed by atoms with van der Waals surface area (Å²) < 4.78 is 10.4. The summed E-state index contributed by atoms with van der Waals surface area (Å²) in [6.07, 6.45) is 0.000321. The van der Waals surface area contributed by atoms with Crippen LogP contribution >= 0.6 is 23.4 Å². The number of nitro groups is 1. The lowest BCUT2D eigenvalue weighted by atomic mass is 10.2. The highest BCUT2D eigenvalue weighted by Gasteiger charge is 2.45. The van der Waals surface area contributed by atoms with E-state index in [2.05, 4.69) is 5.32 Å². The number of rotatable bonds is 11. The summed E-state index contributed by atoms with van der Waals surface area (Å²) >= 11 is 6.87. The van der Waals surface area contributed by atoms with E-state index < -0.39 is 38.7 Å². The van der Waals surface area contributed by atoms with E-state index in [4.69, 9.17) is 21.1 Å². The molecule has 2 amide bonds. The molecule has 0 saturated carbocycles. The van der Waals surface area contributed by atoms with Crippen molar-refractivity contribution < 1.29 is 33.6 Å². The van der Waals surface area contributed by atoms with Gasteiger partial charge in [-0.3, -0.25) is 24.5 Å². The number of ether oxygens (including phenoxy) is 2. The highest BCUT2D eigenvalue weighted by molar-refractivity contribution is 8.14. The van der Waals surface area contributed by atoms with Crippen LogP contribution in [0.2, 0.25) is 0 Å². The van der Waals surface area contributed by atoms with E-state index in [1.54, 1.807) is 30.3 Å².